The molecule has 5 nitrogen and oxygen atoms in total. The van der Waals surface area contributed by atoms with Gasteiger partial charge in [-0.05, 0) is 43.2 Å². The molecule has 0 saturated heterocycles. The zero-order chi connectivity index (χ0) is 16.4. The van der Waals surface area contributed by atoms with E-state index in [0.717, 1.165) is 27.3 Å². The zero-order valence-corrected chi connectivity index (χ0v) is 14.8. The lowest BCUT2D eigenvalue weighted by atomic mass is 10.1. The minimum Gasteiger partial charge on any atom is -0.302 e. The zero-order valence-electron chi connectivity index (χ0n) is 12.4. The predicted octanol–water partition coefficient (Wildman–Crippen LogP) is 4.41. The molecule has 2 heterocycles. The lowest BCUT2D eigenvalue weighted by Crippen LogP contribution is -1.99. The van der Waals surface area contributed by atoms with Crippen LogP contribution in [0.15, 0.2) is 33.6 Å². The summed E-state index contributed by atoms with van der Waals surface area (Å²) in [6, 6.07) is 10.2. The molecule has 0 atom stereocenters. The van der Waals surface area contributed by atoms with Crippen molar-refractivity contribution >= 4 is 34.9 Å². The molecule has 0 fully saturated rings. The molecule has 3 aromatic rings. The van der Waals surface area contributed by atoms with Gasteiger partial charge in [-0.15, -0.1) is 10.2 Å². The predicted molar refractivity (Wildman–Crippen MR) is 91.8 cm³/mol. The first-order valence-corrected chi connectivity index (χ1v) is 8.84. The Kier molecular flexibility index (Phi) is 4.66. The van der Waals surface area contributed by atoms with E-state index in [1.165, 1.54) is 28.9 Å². The Labute approximate surface area is 147 Å². The lowest BCUT2D eigenvalue weighted by molar-refractivity contribution is 0.687. The molecule has 116 valence electrons. The highest BCUT2D eigenvalue weighted by Gasteiger charge is 2.18. The van der Waals surface area contributed by atoms with Gasteiger partial charge in [-0.1, -0.05) is 35.4 Å². The second kappa shape index (κ2) is 6.71. The molecule has 2 aromatic heterocycles. The number of nitrogens with zero attached hydrogens (tertiary/aromatic N) is 5. The van der Waals surface area contributed by atoms with Crippen LogP contribution in [-0.4, -0.2) is 19.1 Å². The van der Waals surface area contributed by atoms with Crippen LogP contribution in [0.4, 0.5) is 0 Å². The molecule has 0 radical (unpaired) electrons. The average Bonchev–Trinajstić information content (AvgIpc) is 3.11. The average molecular weight is 362 g/mol. The van der Waals surface area contributed by atoms with Crippen molar-refractivity contribution in [1.29, 1.82) is 5.26 Å². The summed E-state index contributed by atoms with van der Waals surface area (Å²) in [4.78, 5) is 0. The lowest BCUT2D eigenvalue weighted by Gasteiger charge is -2.07. The summed E-state index contributed by atoms with van der Waals surface area (Å²) in [6.45, 7) is 4.81. The molecule has 0 amide bonds. The number of benzene rings is 1. The minimum atomic E-state index is 0.237. The molecule has 0 spiro atoms. The van der Waals surface area contributed by atoms with Crippen LogP contribution >= 0.6 is 34.9 Å². The topological polar surface area (TPSA) is 67.4 Å². The summed E-state index contributed by atoms with van der Waals surface area (Å²) in [7, 11) is 0. The molecule has 0 bridgehead atoms. The van der Waals surface area contributed by atoms with E-state index in [0.29, 0.717) is 5.56 Å². The Morgan fingerprint density at radius 3 is 2.91 bits per heavy atom. The fourth-order valence-electron chi connectivity index (χ4n) is 2.15. The van der Waals surface area contributed by atoms with Gasteiger partial charge in [0.1, 0.15) is 15.8 Å². The Bertz CT molecular complexity index is 894. The number of rotatable bonds is 4. The van der Waals surface area contributed by atoms with Gasteiger partial charge in [-0.25, -0.2) is 0 Å². The third-order valence-electron chi connectivity index (χ3n) is 3.22. The Hall–Kier alpha value is -1.88. The summed E-state index contributed by atoms with van der Waals surface area (Å²) < 4.78 is 6.78. The van der Waals surface area contributed by atoms with E-state index in [1.807, 2.05) is 36.6 Å². The molecule has 0 aliphatic carbocycles. The van der Waals surface area contributed by atoms with E-state index >= 15 is 0 Å². The number of aryl methyl sites for hydroxylation is 1. The first kappa shape index (κ1) is 16.0. The summed E-state index contributed by atoms with van der Waals surface area (Å²) in [5, 5.41) is 18.7. The van der Waals surface area contributed by atoms with Gasteiger partial charge in [0.25, 0.3) is 0 Å². The van der Waals surface area contributed by atoms with Crippen LogP contribution in [0, 0.1) is 18.3 Å². The molecule has 0 aliphatic heterocycles. The van der Waals surface area contributed by atoms with Crippen molar-refractivity contribution in [2.75, 3.05) is 0 Å². The fourth-order valence-corrected chi connectivity index (χ4v) is 4.29. The molecule has 1 aromatic carbocycles. The molecule has 23 heavy (non-hydrogen) atoms. The van der Waals surface area contributed by atoms with Crippen molar-refractivity contribution in [3.63, 3.8) is 0 Å². The van der Waals surface area contributed by atoms with Gasteiger partial charge in [-0.3, -0.25) is 0 Å². The van der Waals surface area contributed by atoms with Gasteiger partial charge < -0.3 is 4.57 Å². The third kappa shape index (κ3) is 3.11. The van der Waals surface area contributed by atoms with Gasteiger partial charge in [0, 0.05) is 12.1 Å². The van der Waals surface area contributed by atoms with Crippen molar-refractivity contribution in [2.45, 2.75) is 29.8 Å². The van der Waals surface area contributed by atoms with E-state index in [2.05, 4.69) is 26.7 Å². The summed E-state index contributed by atoms with van der Waals surface area (Å²) in [6.07, 6.45) is 0. The number of nitriles is 1. The SMILES string of the molecule is CCn1c(Sc2snc(Cl)c2C#N)nnc1-c1cccc(C)c1. The second-order valence-corrected chi connectivity index (χ2v) is 7.14. The van der Waals surface area contributed by atoms with Gasteiger partial charge in [0.2, 0.25) is 0 Å². The molecular formula is C15H12ClN5S2. The van der Waals surface area contributed by atoms with Crippen LogP contribution in [0.3, 0.4) is 0 Å². The number of halogens is 1. The fraction of sp³-hybridized carbons (Fsp3) is 0.200. The number of hydrogen-bond acceptors (Lipinski definition) is 6. The van der Waals surface area contributed by atoms with Gasteiger partial charge >= 0.3 is 0 Å². The number of hydrogen-bond donors (Lipinski definition) is 0. The van der Waals surface area contributed by atoms with Crippen LogP contribution in [0.1, 0.15) is 18.1 Å². The first-order chi connectivity index (χ1) is 11.1. The normalized spacial score (nSPS) is 10.7. The summed E-state index contributed by atoms with van der Waals surface area (Å²) in [5.74, 6) is 0.813. The molecule has 0 saturated carbocycles. The van der Waals surface area contributed by atoms with Crippen LogP contribution < -0.4 is 0 Å². The van der Waals surface area contributed by atoms with Crippen LogP contribution in [0.2, 0.25) is 5.15 Å². The van der Waals surface area contributed by atoms with Crippen molar-refractivity contribution in [2.24, 2.45) is 0 Å². The standard InChI is InChI=1S/C15H12ClN5S2/c1-3-21-13(10-6-4-5-9(2)7-10)18-19-15(21)22-14-11(8-17)12(16)20-23-14/h4-7H,3H2,1-2H3. The highest BCUT2D eigenvalue weighted by molar-refractivity contribution is 8.01. The largest absolute Gasteiger partial charge is 0.302 e. The highest BCUT2D eigenvalue weighted by atomic mass is 35.5. The molecule has 0 unspecified atom stereocenters. The quantitative estimate of drug-likeness (QED) is 0.688. The van der Waals surface area contributed by atoms with Crippen LogP contribution in [0.25, 0.3) is 11.4 Å². The monoisotopic (exact) mass is 361 g/mol. The van der Waals surface area contributed by atoms with E-state index in [1.54, 1.807) is 0 Å². The summed E-state index contributed by atoms with van der Waals surface area (Å²) in [5.41, 5.74) is 2.59. The van der Waals surface area contributed by atoms with E-state index in [9.17, 15) is 5.26 Å². The highest BCUT2D eigenvalue weighted by Crippen LogP contribution is 2.37. The van der Waals surface area contributed by atoms with Crippen molar-refractivity contribution in [3.8, 4) is 17.5 Å². The smallest absolute Gasteiger partial charge is 0.197 e. The molecular weight excluding hydrogens is 350 g/mol. The van der Waals surface area contributed by atoms with Crippen molar-refractivity contribution in [1.82, 2.24) is 19.1 Å². The summed E-state index contributed by atoms with van der Waals surface area (Å²) >= 11 is 8.49. The van der Waals surface area contributed by atoms with Crippen LogP contribution in [0.5, 0.6) is 0 Å². The molecule has 0 N–H and O–H groups in total. The maximum Gasteiger partial charge on any atom is 0.197 e. The van der Waals surface area contributed by atoms with Gasteiger partial charge in [0.15, 0.2) is 16.1 Å². The maximum atomic E-state index is 9.18. The van der Waals surface area contributed by atoms with Gasteiger partial charge in [0.05, 0.1) is 0 Å². The maximum absolute atomic E-state index is 9.18. The molecule has 8 heteroatoms. The Balaban J connectivity index is 2.00. The van der Waals surface area contributed by atoms with Crippen LogP contribution in [-0.2, 0) is 6.54 Å². The Morgan fingerprint density at radius 1 is 1.39 bits per heavy atom. The Morgan fingerprint density at radius 2 is 2.22 bits per heavy atom. The van der Waals surface area contributed by atoms with Crippen molar-refractivity contribution in [3.05, 3.63) is 40.5 Å². The molecule has 3 rings (SSSR count). The third-order valence-corrected chi connectivity index (χ3v) is 5.59. The van der Waals surface area contributed by atoms with E-state index < -0.39 is 0 Å². The van der Waals surface area contributed by atoms with Crippen molar-refractivity contribution < 1.29 is 0 Å². The van der Waals surface area contributed by atoms with E-state index in [4.69, 9.17) is 11.6 Å². The van der Waals surface area contributed by atoms with Gasteiger partial charge in [-0.2, -0.15) is 9.64 Å². The minimum absolute atomic E-state index is 0.237. The molecule has 0 aliphatic rings. The first-order valence-electron chi connectivity index (χ1n) is 6.87. The second-order valence-electron chi connectivity index (χ2n) is 4.77. The number of aromatic nitrogens is 4. The van der Waals surface area contributed by atoms with E-state index in [-0.39, 0.29) is 5.15 Å².